The van der Waals surface area contributed by atoms with Gasteiger partial charge in [0, 0.05) is 16.6 Å². The van der Waals surface area contributed by atoms with E-state index in [-0.39, 0.29) is 11.2 Å². The van der Waals surface area contributed by atoms with Crippen molar-refractivity contribution in [2.24, 2.45) is 0 Å². The van der Waals surface area contributed by atoms with Gasteiger partial charge in [-0.2, -0.15) is 0 Å². The van der Waals surface area contributed by atoms with E-state index in [1.165, 1.54) is 0 Å². The van der Waals surface area contributed by atoms with E-state index in [0.717, 1.165) is 16.2 Å². The predicted octanol–water partition coefficient (Wildman–Crippen LogP) is 2.77. The van der Waals surface area contributed by atoms with Crippen LogP contribution in [0, 0.1) is 0 Å². The van der Waals surface area contributed by atoms with E-state index >= 15 is 0 Å². The zero-order valence-corrected chi connectivity index (χ0v) is 13.4. The molecule has 1 aliphatic heterocycles. The Morgan fingerprint density at radius 1 is 1.10 bits per heavy atom. The molecule has 3 rings (SSSR count). The van der Waals surface area contributed by atoms with Crippen LogP contribution in [0.2, 0.25) is 5.02 Å². The number of halogens is 1. The molecule has 0 aliphatic carbocycles. The first-order valence-corrected chi connectivity index (χ1v) is 7.28. The first-order valence-electron chi connectivity index (χ1n) is 6.90. The molecule has 21 heavy (non-hydrogen) atoms. The molecule has 0 spiro atoms. The third kappa shape index (κ3) is 2.39. The van der Waals surface area contributed by atoms with Gasteiger partial charge in [-0.3, -0.25) is 0 Å². The molecule has 4 nitrogen and oxygen atoms in total. The molecular weight excluding hydrogens is 286 g/mol. The summed E-state index contributed by atoms with van der Waals surface area (Å²) in [6.45, 7) is 8.10. The van der Waals surface area contributed by atoms with Gasteiger partial charge in [0.2, 0.25) is 0 Å². The molecule has 1 fully saturated rings. The van der Waals surface area contributed by atoms with Crippen LogP contribution in [-0.4, -0.2) is 23.3 Å². The Labute approximate surface area is 129 Å². The molecule has 2 aromatic rings. The van der Waals surface area contributed by atoms with Gasteiger partial charge < -0.3 is 15.0 Å². The van der Waals surface area contributed by atoms with Crippen molar-refractivity contribution in [2.75, 3.05) is 5.73 Å². The quantitative estimate of drug-likeness (QED) is 0.823. The summed E-state index contributed by atoms with van der Waals surface area (Å²) in [5.74, 6) is 0.463. The molecular formula is C15H18BClN2O2. The Morgan fingerprint density at radius 3 is 2.33 bits per heavy atom. The zero-order valence-electron chi connectivity index (χ0n) is 12.6. The summed E-state index contributed by atoms with van der Waals surface area (Å²) in [5.41, 5.74) is 5.88. The van der Waals surface area contributed by atoms with Gasteiger partial charge in [0.25, 0.3) is 0 Å². The van der Waals surface area contributed by atoms with Crippen LogP contribution in [0.3, 0.4) is 0 Å². The maximum atomic E-state index is 6.34. The van der Waals surface area contributed by atoms with Crippen LogP contribution < -0.4 is 11.2 Å². The minimum atomic E-state index is -0.439. The Hall–Kier alpha value is -1.30. The number of rotatable bonds is 1. The van der Waals surface area contributed by atoms with Crippen molar-refractivity contribution in [3.8, 4) is 0 Å². The SMILES string of the molecule is CC1(C)OB(c2cc(Cl)c3cnc(N)cc3c2)OC1(C)C. The maximum Gasteiger partial charge on any atom is 0.494 e. The van der Waals surface area contributed by atoms with Gasteiger partial charge in [-0.1, -0.05) is 17.7 Å². The minimum Gasteiger partial charge on any atom is -0.399 e. The topological polar surface area (TPSA) is 57.4 Å². The smallest absolute Gasteiger partial charge is 0.399 e. The molecule has 0 saturated carbocycles. The third-order valence-corrected chi connectivity index (χ3v) is 4.67. The summed E-state index contributed by atoms with van der Waals surface area (Å²) in [5, 5.41) is 2.41. The molecule has 0 radical (unpaired) electrons. The lowest BCUT2D eigenvalue weighted by atomic mass is 9.78. The summed E-state index contributed by atoms with van der Waals surface area (Å²) >= 11 is 6.34. The molecule has 1 aromatic carbocycles. The summed E-state index contributed by atoms with van der Waals surface area (Å²) < 4.78 is 12.1. The van der Waals surface area contributed by atoms with Gasteiger partial charge in [0.05, 0.1) is 11.2 Å². The van der Waals surface area contributed by atoms with Crippen LogP contribution in [0.1, 0.15) is 27.7 Å². The minimum absolute atomic E-state index is 0.379. The summed E-state index contributed by atoms with van der Waals surface area (Å²) in [4.78, 5) is 4.07. The standard InChI is InChI=1S/C15H18BClN2O2/c1-14(2)15(3,4)21-16(20-14)10-5-9-6-13(18)19-8-11(9)12(17)7-10/h5-8H,1-4H3,(H2,18,19). The van der Waals surface area contributed by atoms with Gasteiger partial charge in [-0.25, -0.2) is 4.98 Å². The van der Waals surface area contributed by atoms with Crippen molar-refractivity contribution in [1.82, 2.24) is 4.98 Å². The van der Waals surface area contributed by atoms with E-state index in [4.69, 9.17) is 26.6 Å². The van der Waals surface area contributed by atoms with Crippen LogP contribution >= 0.6 is 11.6 Å². The molecule has 2 N–H and O–H groups in total. The monoisotopic (exact) mass is 304 g/mol. The second kappa shape index (κ2) is 4.60. The maximum absolute atomic E-state index is 6.34. The van der Waals surface area contributed by atoms with E-state index < -0.39 is 7.12 Å². The van der Waals surface area contributed by atoms with Crippen LogP contribution in [0.25, 0.3) is 10.8 Å². The van der Waals surface area contributed by atoms with Crippen molar-refractivity contribution in [3.05, 3.63) is 29.4 Å². The lowest BCUT2D eigenvalue weighted by Crippen LogP contribution is -2.41. The second-order valence-corrected chi connectivity index (χ2v) is 6.83. The number of hydrogen-bond donors (Lipinski definition) is 1. The highest BCUT2D eigenvalue weighted by atomic mass is 35.5. The van der Waals surface area contributed by atoms with E-state index in [1.807, 2.05) is 39.8 Å². The Bertz CT molecular complexity index is 702. The summed E-state index contributed by atoms with van der Waals surface area (Å²) in [7, 11) is -0.439. The van der Waals surface area contributed by atoms with Crippen molar-refractivity contribution in [3.63, 3.8) is 0 Å². The number of pyridine rings is 1. The second-order valence-electron chi connectivity index (χ2n) is 6.42. The highest BCUT2D eigenvalue weighted by Crippen LogP contribution is 2.37. The van der Waals surface area contributed by atoms with Crippen molar-refractivity contribution in [1.29, 1.82) is 0 Å². The van der Waals surface area contributed by atoms with Gasteiger partial charge in [0.1, 0.15) is 5.82 Å². The van der Waals surface area contributed by atoms with Gasteiger partial charge in [0.15, 0.2) is 0 Å². The number of nitrogens with zero attached hydrogens (tertiary/aromatic N) is 1. The molecule has 1 saturated heterocycles. The fraction of sp³-hybridized carbons (Fsp3) is 0.400. The molecule has 1 aromatic heterocycles. The fourth-order valence-electron chi connectivity index (χ4n) is 2.37. The van der Waals surface area contributed by atoms with Crippen molar-refractivity contribution < 1.29 is 9.31 Å². The molecule has 2 heterocycles. The Morgan fingerprint density at radius 2 is 1.71 bits per heavy atom. The number of anilines is 1. The van der Waals surface area contributed by atoms with Crippen LogP contribution in [0.4, 0.5) is 5.82 Å². The number of hydrogen-bond acceptors (Lipinski definition) is 4. The fourth-order valence-corrected chi connectivity index (χ4v) is 2.65. The molecule has 1 aliphatic rings. The van der Waals surface area contributed by atoms with Crippen LogP contribution in [-0.2, 0) is 9.31 Å². The average molecular weight is 305 g/mol. The first-order chi connectivity index (χ1) is 9.69. The summed E-state index contributed by atoms with van der Waals surface area (Å²) in [6, 6.07) is 5.65. The van der Waals surface area contributed by atoms with E-state index in [0.29, 0.717) is 10.8 Å². The average Bonchev–Trinajstić information content (AvgIpc) is 2.57. The van der Waals surface area contributed by atoms with Crippen LogP contribution in [0.5, 0.6) is 0 Å². The van der Waals surface area contributed by atoms with Gasteiger partial charge in [-0.05, 0) is 50.7 Å². The highest BCUT2D eigenvalue weighted by molar-refractivity contribution is 6.63. The van der Waals surface area contributed by atoms with E-state index in [9.17, 15) is 0 Å². The number of fused-ring (bicyclic) bond motifs is 1. The number of aromatic nitrogens is 1. The molecule has 0 atom stereocenters. The predicted molar refractivity (Wildman–Crippen MR) is 86.9 cm³/mol. The van der Waals surface area contributed by atoms with Gasteiger partial charge >= 0.3 is 7.12 Å². The molecule has 0 bridgehead atoms. The molecule has 0 unspecified atom stereocenters. The lowest BCUT2D eigenvalue weighted by molar-refractivity contribution is 0.00578. The lowest BCUT2D eigenvalue weighted by Gasteiger charge is -2.32. The Kier molecular flexibility index (Phi) is 3.21. The third-order valence-electron chi connectivity index (χ3n) is 4.36. The van der Waals surface area contributed by atoms with Gasteiger partial charge in [-0.15, -0.1) is 0 Å². The largest absolute Gasteiger partial charge is 0.494 e. The van der Waals surface area contributed by atoms with Crippen LogP contribution in [0.15, 0.2) is 24.4 Å². The van der Waals surface area contributed by atoms with Crippen molar-refractivity contribution in [2.45, 2.75) is 38.9 Å². The number of nitrogens with two attached hydrogens (primary N) is 1. The molecule has 110 valence electrons. The number of nitrogen functional groups attached to an aromatic ring is 1. The Balaban J connectivity index is 2.06. The summed E-state index contributed by atoms with van der Waals surface area (Å²) in [6.07, 6.45) is 1.68. The van der Waals surface area contributed by atoms with E-state index in [1.54, 1.807) is 12.3 Å². The normalized spacial score (nSPS) is 20.1. The highest BCUT2D eigenvalue weighted by Gasteiger charge is 2.51. The molecule has 0 amide bonds. The van der Waals surface area contributed by atoms with Crippen molar-refractivity contribution >= 4 is 40.8 Å². The zero-order chi connectivity index (χ0) is 15.4. The van der Waals surface area contributed by atoms with E-state index in [2.05, 4.69) is 4.98 Å². The first kappa shape index (κ1) is 14.6. The number of benzene rings is 1. The molecule has 6 heteroatoms.